The van der Waals surface area contributed by atoms with Crippen molar-refractivity contribution in [3.63, 3.8) is 0 Å². The number of fused-ring (bicyclic) bond motifs is 2. The van der Waals surface area contributed by atoms with E-state index in [1.165, 1.54) is 25.3 Å². The average molecular weight is 363 g/mol. The smallest absolute Gasteiger partial charge is 0.410 e. The van der Waals surface area contributed by atoms with Crippen LogP contribution >= 0.6 is 0 Å². The zero-order valence-electron chi connectivity index (χ0n) is 15.8. The van der Waals surface area contributed by atoms with E-state index in [0.717, 1.165) is 12.8 Å². The van der Waals surface area contributed by atoms with E-state index in [-0.39, 0.29) is 35.4 Å². The van der Waals surface area contributed by atoms with Crippen LogP contribution in [0.5, 0.6) is 5.75 Å². The van der Waals surface area contributed by atoms with Crippen LogP contribution in [0.25, 0.3) is 0 Å². The number of ether oxygens (including phenoxy) is 2. The van der Waals surface area contributed by atoms with Gasteiger partial charge in [-0.25, -0.2) is 9.18 Å². The highest BCUT2D eigenvalue weighted by Gasteiger charge is 2.46. The van der Waals surface area contributed by atoms with Gasteiger partial charge in [0.1, 0.15) is 17.2 Å². The van der Waals surface area contributed by atoms with Gasteiger partial charge >= 0.3 is 6.09 Å². The van der Waals surface area contributed by atoms with E-state index in [2.05, 4.69) is 0 Å². The summed E-state index contributed by atoms with van der Waals surface area (Å²) in [5.41, 5.74) is -0.480. The molecular weight excluding hydrogens is 337 g/mol. The minimum absolute atomic E-state index is 0.0220. The fourth-order valence-electron chi connectivity index (χ4n) is 4.04. The van der Waals surface area contributed by atoms with Crippen molar-refractivity contribution in [2.75, 3.05) is 7.11 Å². The Kier molecular flexibility index (Phi) is 4.95. The van der Waals surface area contributed by atoms with Crippen LogP contribution in [0.1, 0.15) is 56.8 Å². The lowest BCUT2D eigenvalue weighted by Gasteiger charge is -2.39. The molecule has 3 rings (SSSR count). The molecule has 142 valence electrons. The van der Waals surface area contributed by atoms with Crippen LogP contribution in [0.2, 0.25) is 0 Å². The number of halogens is 1. The first-order valence-corrected chi connectivity index (χ1v) is 9.08. The zero-order valence-corrected chi connectivity index (χ0v) is 15.8. The molecule has 1 aromatic rings. The highest BCUT2D eigenvalue weighted by atomic mass is 19.1. The van der Waals surface area contributed by atoms with Gasteiger partial charge in [0.05, 0.1) is 12.7 Å². The van der Waals surface area contributed by atoms with Crippen molar-refractivity contribution in [3.8, 4) is 5.75 Å². The lowest BCUT2D eigenvalue weighted by molar-refractivity contribution is 0.00250. The minimum Gasteiger partial charge on any atom is -0.497 e. The summed E-state index contributed by atoms with van der Waals surface area (Å²) in [7, 11) is 1.49. The lowest BCUT2D eigenvalue weighted by atomic mass is 9.84. The van der Waals surface area contributed by atoms with Gasteiger partial charge < -0.3 is 14.4 Å². The van der Waals surface area contributed by atoms with Gasteiger partial charge in [-0.2, -0.15) is 0 Å². The number of amides is 1. The van der Waals surface area contributed by atoms with Crippen molar-refractivity contribution >= 4 is 11.9 Å². The summed E-state index contributed by atoms with van der Waals surface area (Å²) in [4.78, 5) is 27.2. The maximum atomic E-state index is 14.2. The van der Waals surface area contributed by atoms with Gasteiger partial charge in [0, 0.05) is 18.0 Å². The van der Waals surface area contributed by atoms with Crippen LogP contribution < -0.4 is 4.74 Å². The van der Waals surface area contributed by atoms with Crippen molar-refractivity contribution in [2.45, 2.75) is 64.1 Å². The second-order valence-electron chi connectivity index (χ2n) is 8.15. The highest BCUT2D eigenvalue weighted by molar-refractivity contribution is 5.98. The molecule has 0 saturated carbocycles. The van der Waals surface area contributed by atoms with Gasteiger partial charge in [0.15, 0.2) is 5.78 Å². The van der Waals surface area contributed by atoms with Crippen LogP contribution in [-0.4, -0.2) is 41.6 Å². The SMILES string of the molecule is COc1ccc(F)c(C(=O)C2CC3CCC(C2)N3C(=O)OC(C)(C)C)c1. The summed E-state index contributed by atoms with van der Waals surface area (Å²) in [6.45, 7) is 5.53. The monoisotopic (exact) mass is 363 g/mol. The molecule has 26 heavy (non-hydrogen) atoms. The first-order valence-electron chi connectivity index (χ1n) is 9.08. The summed E-state index contributed by atoms with van der Waals surface area (Å²) in [6.07, 6.45) is 2.49. The maximum Gasteiger partial charge on any atom is 0.410 e. The van der Waals surface area contributed by atoms with E-state index >= 15 is 0 Å². The number of ketones is 1. The van der Waals surface area contributed by atoms with Crippen molar-refractivity contribution in [3.05, 3.63) is 29.6 Å². The summed E-state index contributed by atoms with van der Waals surface area (Å²) < 4.78 is 24.8. The molecule has 0 radical (unpaired) electrons. The second kappa shape index (κ2) is 6.89. The fraction of sp³-hybridized carbons (Fsp3) is 0.600. The van der Waals surface area contributed by atoms with E-state index in [4.69, 9.17) is 9.47 Å². The molecule has 0 aliphatic carbocycles. The van der Waals surface area contributed by atoms with Gasteiger partial charge in [0.2, 0.25) is 0 Å². The molecule has 2 aliphatic rings. The predicted octanol–water partition coefficient (Wildman–Crippen LogP) is 4.20. The summed E-state index contributed by atoms with van der Waals surface area (Å²) in [6, 6.07) is 4.18. The third kappa shape index (κ3) is 3.69. The van der Waals surface area contributed by atoms with Gasteiger partial charge in [-0.05, 0) is 64.7 Å². The Bertz CT molecular complexity index is 698. The lowest BCUT2D eigenvalue weighted by Crippen LogP contribution is -2.49. The molecule has 2 saturated heterocycles. The molecule has 2 aliphatic heterocycles. The van der Waals surface area contributed by atoms with Crippen LogP contribution in [0.15, 0.2) is 18.2 Å². The molecule has 2 atom stereocenters. The van der Waals surface area contributed by atoms with Crippen molar-refractivity contribution in [1.82, 2.24) is 4.90 Å². The number of piperidine rings is 1. The Morgan fingerprint density at radius 3 is 2.31 bits per heavy atom. The van der Waals surface area contributed by atoms with Crippen molar-refractivity contribution < 1.29 is 23.5 Å². The van der Waals surface area contributed by atoms with Crippen LogP contribution in [-0.2, 0) is 4.74 Å². The third-order valence-corrected chi connectivity index (χ3v) is 5.15. The summed E-state index contributed by atoms with van der Waals surface area (Å²) in [5.74, 6) is -0.559. The summed E-state index contributed by atoms with van der Waals surface area (Å²) >= 11 is 0. The zero-order chi connectivity index (χ0) is 19.1. The Morgan fingerprint density at radius 2 is 1.77 bits per heavy atom. The molecule has 5 nitrogen and oxygen atoms in total. The minimum atomic E-state index is -0.549. The number of benzene rings is 1. The van der Waals surface area contributed by atoms with Gasteiger partial charge in [-0.15, -0.1) is 0 Å². The van der Waals surface area contributed by atoms with E-state index in [1.807, 2.05) is 20.8 Å². The fourth-order valence-corrected chi connectivity index (χ4v) is 4.04. The standard InChI is InChI=1S/C20H26FNO4/c1-20(2,3)26-19(24)22-13-5-6-14(22)10-12(9-13)18(23)16-11-15(25-4)7-8-17(16)21/h7-8,11-14H,5-6,9-10H2,1-4H3. The Morgan fingerprint density at radius 1 is 1.15 bits per heavy atom. The Balaban J connectivity index is 1.75. The van der Waals surface area contributed by atoms with E-state index in [0.29, 0.717) is 18.6 Å². The molecule has 2 unspecified atom stereocenters. The van der Waals surface area contributed by atoms with Gasteiger partial charge in [-0.1, -0.05) is 0 Å². The van der Waals surface area contributed by atoms with Crippen LogP contribution in [0.3, 0.4) is 0 Å². The largest absolute Gasteiger partial charge is 0.497 e. The van der Waals surface area contributed by atoms with E-state index in [9.17, 15) is 14.0 Å². The topological polar surface area (TPSA) is 55.8 Å². The van der Waals surface area contributed by atoms with E-state index in [1.54, 1.807) is 4.90 Å². The number of hydrogen-bond donors (Lipinski definition) is 0. The third-order valence-electron chi connectivity index (χ3n) is 5.15. The Hall–Kier alpha value is -2.11. The van der Waals surface area contributed by atoms with Gasteiger partial charge in [-0.3, -0.25) is 4.79 Å². The molecule has 0 N–H and O–H groups in total. The average Bonchev–Trinajstić information content (AvgIpc) is 2.83. The first kappa shape index (κ1) is 18.7. The van der Waals surface area contributed by atoms with Crippen LogP contribution in [0.4, 0.5) is 9.18 Å². The van der Waals surface area contributed by atoms with Crippen LogP contribution in [0, 0.1) is 11.7 Å². The van der Waals surface area contributed by atoms with Crippen molar-refractivity contribution in [1.29, 1.82) is 0 Å². The number of rotatable bonds is 3. The van der Waals surface area contributed by atoms with Gasteiger partial charge in [0.25, 0.3) is 0 Å². The molecule has 2 fully saturated rings. The molecule has 0 aromatic heterocycles. The Labute approximate surface area is 153 Å². The highest BCUT2D eigenvalue weighted by Crippen LogP contribution is 2.41. The number of methoxy groups -OCH3 is 1. The van der Waals surface area contributed by atoms with E-state index < -0.39 is 11.4 Å². The molecule has 2 bridgehead atoms. The number of carbonyl (C=O) groups excluding carboxylic acids is 2. The number of hydrogen-bond acceptors (Lipinski definition) is 4. The summed E-state index contributed by atoms with van der Waals surface area (Å²) in [5, 5.41) is 0. The number of Topliss-reactive ketones (excluding diaryl/α,β-unsaturated/α-hetero) is 1. The quantitative estimate of drug-likeness (QED) is 0.756. The molecule has 2 heterocycles. The molecule has 6 heteroatoms. The number of nitrogens with zero attached hydrogens (tertiary/aromatic N) is 1. The predicted molar refractivity (Wildman–Crippen MR) is 94.9 cm³/mol. The second-order valence-corrected chi connectivity index (χ2v) is 8.15. The first-order chi connectivity index (χ1) is 12.2. The molecule has 0 spiro atoms. The van der Waals surface area contributed by atoms with Crippen molar-refractivity contribution in [2.24, 2.45) is 5.92 Å². The molecular formula is C20H26FNO4. The maximum absolute atomic E-state index is 14.2. The molecule has 1 aromatic carbocycles. The number of carbonyl (C=O) groups is 2. The molecule has 1 amide bonds. The normalized spacial score (nSPS) is 25.1.